The van der Waals surface area contributed by atoms with E-state index in [0.29, 0.717) is 0 Å². The summed E-state index contributed by atoms with van der Waals surface area (Å²) in [6.45, 7) is 4.00. The molecule has 1 N–H and O–H groups in total. The number of nitro groups is 1. The van der Waals surface area contributed by atoms with E-state index in [4.69, 9.17) is 7.98 Å². The normalized spacial score (nSPS) is 8.40. The van der Waals surface area contributed by atoms with Gasteiger partial charge in [-0.05, 0) is 6.07 Å². The summed E-state index contributed by atoms with van der Waals surface area (Å²) in [5.74, 6) is -0.552. The third-order valence-corrected chi connectivity index (χ3v) is 1.45. The van der Waals surface area contributed by atoms with Gasteiger partial charge in [-0.1, -0.05) is 19.9 Å². The highest BCUT2D eigenvalue weighted by Crippen LogP contribution is 2.12. The van der Waals surface area contributed by atoms with Crippen LogP contribution >= 0.6 is 0 Å². The molecule has 0 fully saturated rings. The molecule has 0 unspecified atom stereocenters. The number of hydrogen-bond donors (Lipinski definition) is 1. The summed E-state index contributed by atoms with van der Waals surface area (Å²) in [6, 6.07) is 5.31. The van der Waals surface area contributed by atoms with Crippen LogP contribution in [0.5, 0.6) is 0 Å². The van der Waals surface area contributed by atoms with Gasteiger partial charge in [0, 0.05) is 17.7 Å². The van der Waals surface area contributed by atoms with Crippen molar-refractivity contribution in [3.8, 4) is 0 Å². The fourth-order valence-electron chi connectivity index (χ4n) is 0.844. The Hall–Kier alpha value is -1.85. The maximum atomic E-state index is 10.9. The van der Waals surface area contributed by atoms with Crippen molar-refractivity contribution in [2.45, 2.75) is 13.8 Å². The molecule has 15 heavy (non-hydrogen) atoms. The number of nitrogens with zero attached hydrogens (tertiary/aromatic N) is 1. The van der Waals surface area contributed by atoms with E-state index < -0.39 is 10.8 Å². The van der Waals surface area contributed by atoms with E-state index in [2.05, 4.69) is 0 Å². The van der Waals surface area contributed by atoms with Gasteiger partial charge < -0.3 is 5.23 Å². The zero-order valence-corrected chi connectivity index (χ0v) is 8.56. The molecule has 0 aromatic heterocycles. The van der Waals surface area contributed by atoms with Crippen LogP contribution in [0.25, 0.3) is 0 Å². The zero-order chi connectivity index (χ0) is 11.8. The summed E-state index contributed by atoms with van der Waals surface area (Å²) >= 11 is 0. The molecule has 5 nitrogen and oxygen atoms in total. The Morgan fingerprint density at radius 1 is 1.47 bits per heavy atom. The van der Waals surface area contributed by atoms with Gasteiger partial charge in [-0.3, -0.25) is 14.9 Å². The molecule has 6 heteroatoms. The second-order valence-corrected chi connectivity index (χ2v) is 2.28. The van der Waals surface area contributed by atoms with Crippen LogP contribution in [0, 0.1) is 10.1 Å². The fraction of sp³-hybridized carbons (Fsp3) is 0.222. The number of nitro benzene ring substituents is 1. The second-order valence-electron chi connectivity index (χ2n) is 2.28. The van der Waals surface area contributed by atoms with Crippen LogP contribution in [0.4, 0.5) is 5.69 Å². The van der Waals surface area contributed by atoms with Crippen LogP contribution in [0.1, 0.15) is 24.2 Å². The molecule has 0 atom stereocenters. The molecule has 1 aromatic carbocycles. The molecule has 0 spiro atoms. The van der Waals surface area contributed by atoms with Crippen LogP contribution in [-0.4, -0.2) is 18.8 Å². The maximum Gasteiger partial charge on any atom is 0.270 e. The van der Waals surface area contributed by atoms with E-state index >= 15 is 0 Å². The summed E-state index contributed by atoms with van der Waals surface area (Å²) in [6.07, 6.45) is 0. The van der Waals surface area contributed by atoms with Gasteiger partial charge >= 0.3 is 0 Å². The Kier molecular flexibility index (Phi) is 5.78. The van der Waals surface area contributed by atoms with Crippen molar-refractivity contribution >= 4 is 19.6 Å². The minimum Gasteiger partial charge on any atom is -0.405 e. The van der Waals surface area contributed by atoms with Gasteiger partial charge in [0.05, 0.1) is 4.92 Å². The lowest BCUT2D eigenvalue weighted by molar-refractivity contribution is -0.384. The molecular formula is C9H11BN2O3. The molecule has 0 aliphatic carbocycles. The predicted molar refractivity (Wildman–Crippen MR) is 57.7 cm³/mol. The lowest BCUT2D eigenvalue weighted by atomic mass is 10.2. The lowest BCUT2D eigenvalue weighted by Crippen LogP contribution is -2.19. The molecular weight excluding hydrogens is 195 g/mol. The van der Waals surface area contributed by atoms with Gasteiger partial charge in [-0.2, -0.15) is 0 Å². The van der Waals surface area contributed by atoms with Crippen molar-refractivity contribution in [3.63, 3.8) is 0 Å². The Bertz CT molecular complexity index is 355. The Morgan fingerprint density at radius 3 is 2.53 bits per heavy atom. The van der Waals surface area contributed by atoms with Crippen molar-refractivity contribution in [2.24, 2.45) is 0 Å². The standard InChI is InChI=1S/C7H5BN2O3.C2H6/c8-9-7(11)5-2-1-3-6(4-5)10(12)13;1-2/h1-4H,(H,9,11);1-2H3. The number of nitrogens with one attached hydrogen (secondary N) is 1. The number of carbonyl (C=O) groups excluding carboxylic acids is 1. The summed E-state index contributed by atoms with van der Waals surface area (Å²) in [7, 11) is 4.86. The maximum absolute atomic E-state index is 10.9. The highest BCUT2D eigenvalue weighted by Gasteiger charge is 2.08. The molecule has 0 bridgehead atoms. The van der Waals surface area contributed by atoms with Crippen molar-refractivity contribution in [3.05, 3.63) is 39.9 Å². The van der Waals surface area contributed by atoms with Gasteiger partial charge in [0.2, 0.25) is 13.9 Å². The number of rotatable bonds is 2. The van der Waals surface area contributed by atoms with Crippen LogP contribution in [0.3, 0.4) is 0 Å². The molecule has 0 aliphatic heterocycles. The minimum absolute atomic E-state index is 0.138. The summed E-state index contributed by atoms with van der Waals surface area (Å²) < 4.78 is 0. The van der Waals surface area contributed by atoms with Crippen LogP contribution in [0.15, 0.2) is 24.3 Å². The smallest absolute Gasteiger partial charge is 0.270 e. The molecule has 1 rings (SSSR count). The topological polar surface area (TPSA) is 72.2 Å². The Morgan fingerprint density at radius 2 is 2.07 bits per heavy atom. The second kappa shape index (κ2) is 6.59. The number of amides is 1. The third-order valence-electron chi connectivity index (χ3n) is 1.45. The molecule has 78 valence electrons. The van der Waals surface area contributed by atoms with Gasteiger partial charge in [-0.25, -0.2) is 0 Å². The Labute approximate surface area is 89.1 Å². The number of benzene rings is 1. The van der Waals surface area contributed by atoms with Crippen molar-refractivity contribution in [1.29, 1.82) is 0 Å². The van der Waals surface area contributed by atoms with E-state index in [1.165, 1.54) is 18.2 Å². The highest BCUT2D eigenvalue weighted by atomic mass is 16.6. The van der Waals surface area contributed by atoms with Gasteiger partial charge in [0.15, 0.2) is 0 Å². The summed E-state index contributed by atoms with van der Waals surface area (Å²) in [5, 5.41) is 12.2. The van der Waals surface area contributed by atoms with Crippen LogP contribution in [0.2, 0.25) is 0 Å². The van der Waals surface area contributed by atoms with E-state index in [9.17, 15) is 14.9 Å². The van der Waals surface area contributed by atoms with Crippen molar-refractivity contribution in [1.82, 2.24) is 5.23 Å². The molecule has 0 heterocycles. The molecule has 1 aromatic rings. The fourth-order valence-corrected chi connectivity index (χ4v) is 0.844. The largest absolute Gasteiger partial charge is 0.405 e. The summed E-state index contributed by atoms with van der Waals surface area (Å²) in [5.41, 5.74) is 0.0257. The highest BCUT2D eigenvalue weighted by molar-refractivity contribution is 6.18. The van der Waals surface area contributed by atoms with Crippen LogP contribution in [-0.2, 0) is 0 Å². The van der Waals surface area contributed by atoms with Gasteiger partial charge in [0.25, 0.3) is 5.69 Å². The average Bonchev–Trinajstić information content (AvgIpc) is 2.30. The van der Waals surface area contributed by atoms with E-state index in [1.807, 2.05) is 19.1 Å². The molecule has 0 saturated carbocycles. The van der Waals surface area contributed by atoms with Gasteiger partial charge in [-0.15, -0.1) is 0 Å². The lowest BCUT2D eigenvalue weighted by Gasteiger charge is -1.98. The monoisotopic (exact) mass is 206 g/mol. The summed E-state index contributed by atoms with van der Waals surface area (Å²) in [4.78, 5) is 20.7. The number of non-ortho nitro benzene ring substituents is 1. The minimum atomic E-state index is -0.576. The van der Waals surface area contributed by atoms with Crippen molar-refractivity contribution in [2.75, 3.05) is 0 Å². The first-order valence-corrected chi connectivity index (χ1v) is 4.40. The SMILES string of the molecule is CC.[B]NC(=O)c1cccc([N+](=O)[O-])c1. The molecule has 0 saturated heterocycles. The average molecular weight is 206 g/mol. The molecule has 2 radical (unpaired) electrons. The third kappa shape index (κ3) is 3.80. The molecule has 1 amide bonds. The Balaban J connectivity index is 0.000000921. The van der Waals surface area contributed by atoms with E-state index in [0.717, 1.165) is 6.07 Å². The van der Waals surface area contributed by atoms with E-state index in [1.54, 1.807) is 0 Å². The first-order chi connectivity index (χ1) is 7.15. The van der Waals surface area contributed by atoms with Gasteiger partial charge in [0.1, 0.15) is 0 Å². The predicted octanol–water partition coefficient (Wildman–Crippen LogP) is 1.43. The quantitative estimate of drug-likeness (QED) is 0.452. The van der Waals surface area contributed by atoms with Crippen molar-refractivity contribution < 1.29 is 9.72 Å². The van der Waals surface area contributed by atoms with E-state index in [-0.39, 0.29) is 11.3 Å². The first kappa shape index (κ1) is 13.2. The number of carbonyl (C=O) groups is 1. The first-order valence-electron chi connectivity index (χ1n) is 4.40. The number of hydrogen-bond acceptors (Lipinski definition) is 3. The molecule has 0 aliphatic rings. The zero-order valence-electron chi connectivity index (χ0n) is 8.56. The van der Waals surface area contributed by atoms with Crippen LogP contribution < -0.4 is 5.23 Å².